The lowest BCUT2D eigenvalue weighted by atomic mass is 9.98. The highest BCUT2D eigenvalue weighted by molar-refractivity contribution is 5.95. The monoisotopic (exact) mass is 346 g/mol. The molecule has 1 unspecified atom stereocenters. The lowest BCUT2D eigenvalue weighted by Crippen LogP contribution is -2.31. The first kappa shape index (κ1) is 18.5. The van der Waals surface area contributed by atoms with Crippen LogP contribution in [0.25, 0.3) is 10.9 Å². The second-order valence-corrected chi connectivity index (χ2v) is 5.41. The predicted octanol–water partition coefficient (Wildman–Crippen LogP) is 2.43. The summed E-state index contributed by atoms with van der Waals surface area (Å²) >= 11 is 0. The number of para-hydroxylation sites is 1. The number of rotatable bonds is 6. The van der Waals surface area contributed by atoms with E-state index in [0.29, 0.717) is 11.1 Å². The van der Waals surface area contributed by atoms with Gasteiger partial charge in [-0.05, 0) is 25.5 Å². The summed E-state index contributed by atoms with van der Waals surface area (Å²) in [5, 5.41) is 3.38. The third-order valence-corrected chi connectivity index (χ3v) is 3.71. The molecule has 2 aromatic rings. The van der Waals surface area contributed by atoms with E-state index < -0.39 is 18.0 Å². The minimum Gasteiger partial charge on any atom is -0.465 e. The van der Waals surface area contributed by atoms with Gasteiger partial charge in [0.25, 0.3) is 0 Å². The van der Waals surface area contributed by atoms with Crippen molar-refractivity contribution in [1.29, 1.82) is 0 Å². The molecular weight excluding hydrogens is 324 g/mol. The summed E-state index contributed by atoms with van der Waals surface area (Å²) in [7, 11) is 0. The highest BCUT2D eigenvalue weighted by Gasteiger charge is 2.27. The molecule has 0 bridgehead atoms. The topological polar surface area (TPSA) is 86.6 Å². The standard InChI is InChI=1S/C18H22N2O5/c1-4-24-17(22)14(10-19-12(3)21)15-11-20(18(23)25-5-2)16-9-7-6-8-13(15)16/h6-9,11,14H,4-5,10H2,1-3H3,(H,19,21). The van der Waals surface area contributed by atoms with Gasteiger partial charge in [-0.15, -0.1) is 0 Å². The minimum atomic E-state index is -0.718. The molecule has 0 spiro atoms. The van der Waals surface area contributed by atoms with Gasteiger partial charge in [0.2, 0.25) is 5.91 Å². The number of carbonyl (C=O) groups is 3. The number of nitrogens with one attached hydrogen (secondary N) is 1. The Morgan fingerprint density at radius 2 is 1.80 bits per heavy atom. The van der Waals surface area contributed by atoms with Gasteiger partial charge in [-0.25, -0.2) is 4.79 Å². The Morgan fingerprint density at radius 1 is 1.12 bits per heavy atom. The van der Waals surface area contributed by atoms with E-state index in [-0.39, 0.29) is 25.7 Å². The average molecular weight is 346 g/mol. The van der Waals surface area contributed by atoms with Crippen LogP contribution in [0.2, 0.25) is 0 Å². The number of amides is 1. The van der Waals surface area contributed by atoms with E-state index in [9.17, 15) is 14.4 Å². The predicted molar refractivity (Wildman–Crippen MR) is 92.4 cm³/mol. The van der Waals surface area contributed by atoms with Crippen LogP contribution in [0.1, 0.15) is 32.3 Å². The van der Waals surface area contributed by atoms with Crippen LogP contribution in [-0.2, 0) is 19.1 Å². The molecule has 1 N–H and O–H groups in total. The first-order valence-electron chi connectivity index (χ1n) is 8.17. The molecule has 25 heavy (non-hydrogen) atoms. The molecular formula is C18H22N2O5. The van der Waals surface area contributed by atoms with Gasteiger partial charge in [-0.3, -0.25) is 14.2 Å². The number of hydrogen-bond donors (Lipinski definition) is 1. The van der Waals surface area contributed by atoms with E-state index in [1.807, 2.05) is 12.1 Å². The van der Waals surface area contributed by atoms with Gasteiger partial charge in [0.15, 0.2) is 0 Å². The van der Waals surface area contributed by atoms with Gasteiger partial charge in [0.05, 0.1) is 18.7 Å². The van der Waals surface area contributed by atoms with Crippen molar-refractivity contribution in [2.24, 2.45) is 0 Å². The number of esters is 1. The van der Waals surface area contributed by atoms with Crippen molar-refractivity contribution < 1.29 is 23.9 Å². The molecule has 0 saturated carbocycles. The lowest BCUT2D eigenvalue weighted by Gasteiger charge is -2.15. The van der Waals surface area contributed by atoms with Crippen LogP contribution in [-0.4, -0.2) is 42.3 Å². The van der Waals surface area contributed by atoms with E-state index in [4.69, 9.17) is 9.47 Å². The van der Waals surface area contributed by atoms with Gasteiger partial charge in [-0.2, -0.15) is 0 Å². The van der Waals surface area contributed by atoms with Crippen LogP contribution < -0.4 is 5.32 Å². The Morgan fingerprint density at radius 3 is 2.44 bits per heavy atom. The van der Waals surface area contributed by atoms with Crippen molar-refractivity contribution in [1.82, 2.24) is 9.88 Å². The smallest absolute Gasteiger partial charge is 0.418 e. The Hall–Kier alpha value is -2.83. The average Bonchev–Trinajstić information content (AvgIpc) is 2.95. The zero-order valence-electron chi connectivity index (χ0n) is 14.6. The number of aromatic nitrogens is 1. The number of nitrogens with zero attached hydrogens (tertiary/aromatic N) is 1. The van der Waals surface area contributed by atoms with Gasteiger partial charge < -0.3 is 14.8 Å². The molecule has 0 aliphatic heterocycles. The first-order valence-corrected chi connectivity index (χ1v) is 8.17. The van der Waals surface area contributed by atoms with Crippen LogP contribution >= 0.6 is 0 Å². The van der Waals surface area contributed by atoms with Crippen LogP contribution in [0, 0.1) is 0 Å². The van der Waals surface area contributed by atoms with Crippen molar-refractivity contribution in [3.8, 4) is 0 Å². The Kier molecular flexibility index (Phi) is 6.16. The molecule has 1 atom stereocenters. The second kappa shape index (κ2) is 8.32. The van der Waals surface area contributed by atoms with Crippen molar-refractivity contribution in [2.75, 3.05) is 19.8 Å². The third-order valence-electron chi connectivity index (χ3n) is 3.71. The number of fused-ring (bicyclic) bond motifs is 1. The molecule has 0 aliphatic carbocycles. The van der Waals surface area contributed by atoms with Gasteiger partial charge in [0, 0.05) is 25.1 Å². The van der Waals surface area contributed by atoms with Gasteiger partial charge in [-0.1, -0.05) is 18.2 Å². The fourth-order valence-corrected chi connectivity index (χ4v) is 2.64. The Balaban J connectivity index is 2.52. The Bertz CT molecular complexity index is 781. The van der Waals surface area contributed by atoms with Crippen molar-refractivity contribution in [2.45, 2.75) is 26.7 Å². The van der Waals surface area contributed by atoms with E-state index in [1.165, 1.54) is 11.5 Å². The number of carbonyl (C=O) groups excluding carboxylic acids is 3. The molecule has 0 aliphatic rings. The maximum atomic E-state index is 12.4. The SMILES string of the molecule is CCOC(=O)C(CNC(C)=O)c1cn(C(=O)OCC)c2ccccc12. The Labute approximate surface area is 145 Å². The first-order chi connectivity index (χ1) is 12.0. The summed E-state index contributed by atoms with van der Waals surface area (Å²) in [4.78, 5) is 35.9. The molecule has 0 fully saturated rings. The molecule has 1 amide bonds. The molecule has 2 rings (SSSR count). The van der Waals surface area contributed by atoms with E-state index in [0.717, 1.165) is 5.39 Å². The molecule has 0 radical (unpaired) electrons. The maximum absolute atomic E-state index is 12.4. The molecule has 134 valence electrons. The van der Waals surface area contributed by atoms with E-state index in [1.54, 1.807) is 32.2 Å². The van der Waals surface area contributed by atoms with Crippen molar-refractivity contribution >= 4 is 28.9 Å². The normalized spacial score (nSPS) is 11.8. The van der Waals surface area contributed by atoms with Crippen LogP contribution in [0.3, 0.4) is 0 Å². The quantitative estimate of drug-likeness (QED) is 0.812. The molecule has 0 saturated heterocycles. The highest BCUT2D eigenvalue weighted by atomic mass is 16.5. The molecule has 1 heterocycles. The minimum absolute atomic E-state index is 0.0883. The summed E-state index contributed by atoms with van der Waals surface area (Å²) in [5.41, 5.74) is 1.24. The summed E-state index contributed by atoms with van der Waals surface area (Å²) < 4.78 is 11.6. The van der Waals surface area contributed by atoms with Crippen LogP contribution in [0.4, 0.5) is 4.79 Å². The molecule has 1 aromatic carbocycles. The number of ether oxygens (including phenoxy) is 2. The summed E-state index contributed by atoms with van der Waals surface area (Å²) in [6.07, 6.45) is 1.05. The van der Waals surface area contributed by atoms with E-state index >= 15 is 0 Å². The zero-order chi connectivity index (χ0) is 18.4. The fourth-order valence-electron chi connectivity index (χ4n) is 2.64. The van der Waals surface area contributed by atoms with Gasteiger partial charge >= 0.3 is 12.1 Å². The molecule has 1 aromatic heterocycles. The molecule has 7 heteroatoms. The number of benzene rings is 1. The van der Waals surface area contributed by atoms with Crippen molar-refractivity contribution in [3.63, 3.8) is 0 Å². The van der Waals surface area contributed by atoms with Gasteiger partial charge in [0.1, 0.15) is 5.92 Å². The number of hydrogen-bond acceptors (Lipinski definition) is 5. The highest BCUT2D eigenvalue weighted by Crippen LogP contribution is 2.29. The summed E-state index contributed by atoms with van der Waals surface area (Å²) in [6.45, 7) is 5.38. The maximum Gasteiger partial charge on any atom is 0.418 e. The lowest BCUT2D eigenvalue weighted by molar-refractivity contribution is -0.144. The fraction of sp³-hybridized carbons (Fsp3) is 0.389. The van der Waals surface area contributed by atoms with Crippen molar-refractivity contribution in [3.05, 3.63) is 36.0 Å². The molecule has 7 nitrogen and oxygen atoms in total. The van der Waals surface area contributed by atoms with Crippen LogP contribution in [0.15, 0.2) is 30.5 Å². The zero-order valence-corrected chi connectivity index (χ0v) is 14.6. The van der Waals surface area contributed by atoms with Crippen LogP contribution in [0.5, 0.6) is 0 Å². The van der Waals surface area contributed by atoms with E-state index in [2.05, 4.69) is 5.32 Å². The second-order valence-electron chi connectivity index (χ2n) is 5.41. The third kappa shape index (κ3) is 4.17. The summed E-state index contributed by atoms with van der Waals surface area (Å²) in [5.74, 6) is -1.42. The summed E-state index contributed by atoms with van der Waals surface area (Å²) in [6, 6.07) is 7.22. The largest absolute Gasteiger partial charge is 0.465 e.